The molecule has 3 rings (SSSR count). The molecule has 0 aliphatic rings. The smallest absolute Gasteiger partial charge is 0.270 e. The van der Waals surface area contributed by atoms with Crippen molar-refractivity contribution in [2.24, 2.45) is 0 Å². The molecule has 0 saturated carbocycles. The van der Waals surface area contributed by atoms with Crippen LogP contribution in [0.1, 0.15) is 29.3 Å². The average molecular weight is 403 g/mol. The predicted molar refractivity (Wildman–Crippen MR) is 117 cm³/mol. The van der Waals surface area contributed by atoms with Crippen molar-refractivity contribution in [2.45, 2.75) is 19.5 Å². The number of carbonyl (C=O) groups is 2. The Morgan fingerprint density at radius 2 is 1.83 bits per heavy atom. The molecular weight excluding hydrogens is 378 g/mol. The molecule has 7 nitrogen and oxygen atoms in total. The lowest BCUT2D eigenvalue weighted by atomic mass is 10.2. The summed E-state index contributed by atoms with van der Waals surface area (Å²) in [6.45, 7) is 10.2. The van der Waals surface area contributed by atoms with Gasteiger partial charge in [-0.1, -0.05) is 30.4 Å². The van der Waals surface area contributed by atoms with E-state index < -0.39 is 6.04 Å². The van der Waals surface area contributed by atoms with E-state index in [-0.39, 0.29) is 18.4 Å². The lowest BCUT2D eigenvalue weighted by Gasteiger charge is -2.21. The number of nitrogens with one attached hydrogen (secondary N) is 1. The highest BCUT2D eigenvalue weighted by Gasteiger charge is 2.22. The molecule has 7 heteroatoms. The number of carbonyl (C=O) groups excluding carboxylic acids is 2. The largest absolute Gasteiger partial charge is 0.341 e. The second kappa shape index (κ2) is 9.65. The number of nitrogens with zero attached hydrogens (tertiary/aromatic N) is 4. The van der Waals surface area contributed by atoms with Gasteiger partial charge in [-0.15, -0.1) is 13.2 Å². The molecule has 3 aromatic rings. The van der Waals surface area contributed by atoms with Crippen LogP contribution in [0.25, 0.3) is 11.0 Å². The van der Waals surface area contributed by atoms with Crippen molar-refractivity contribution in [3.63, 3.8) is 0 Å². The van der Waals surface area contributed by atoms with E-state index in [0.29, 0.717) is 24.6 Å². The van der Waals surface area contributed by atoms with Crippen LogP contribution in [0.2, 0.25) is 0 Å². The summed E-state index contributed by atoms with van der Waals surface area (Å²) in [7, 11) is 0. The van der Waals surface area contributed by atoms with E-state index in [1.54, 1.807) is 41.4 Å². The van der Waals surface area contributed by atoms with Crippen LogP contribution in [0.4, 0.5) is 0 Å². The number of benzene rings is 1. The summed E-state index contributed by atoms with van der Waals surface area (Å²) in [5, 5.41) is 2.92. The van der Waals surface area contributed by atoms with Crippen molar-refractivity contribution in [1.82, 2.24) is 24.8 Å². The summed E-state index contributed by atoms with van der Waals surface area (Å²) < 4.78 is 1.85. The topological polar surface area (TPSA) is 80.1 Å². The van der Waals surface area contributed by atoms with Crippen molar-refractivity contribution >= 4 is 22.8 Å². The highest BCUT2D eigenvalue weighted by Crippen LogP contribution is 2.21. The molecule has 1 aromatic carbocycles. The van der Waals surface area contributed by atoms with Gasteiger partial charge in [0.25, 0.3) is 5.91 Å². The zero-order valence-electron chi connectivity index (χ0n) is 17.0. The van der Waals surface area contributed by atoms with Crippen molar-refractivity contribution in [2.75, 3.05) is 13.1 Å². The van der Waals surface area contributed by atoms with Crippen LogP contribution in [0.3, 0.4) is 0 Å². The maximum Gasteiger partial charge on any atom is 0.270 e. The first-order valence-corrected chi connectivity index (χ1v) is 9.71. The molecule has 0 aliphatic heterocycles. The third-order valence-corrected chi connectivity index (χ3v) is 4.66. The Morgan fingerprint density at radius 3 is 2.50 bits per heavy atom. The first-order valence-electron chi connectivity index (χ1n) is 9.71. The summed E-state index contributed by atoms with van der Waals surface area (Å²) in [4.78, 5) is 35.9. The van der Waals surface area contributed by atoms with E-state index in [1.165, 1.54) is 0 Å². The summed E-state index contributed by atoms with van der Waals surface area (Å²) >= 11 is 0. The van der Waals surface area contributed by atoms with Gasteiger partial charge >= 0.3 is 0 Å². The molecule has 1 atom stereocenters. The zero-order chi connectivity index (χ0) is 21.5. The average Bonchev–Trinajstić information content (AvgIpc) is 3.12. The maximum absolute atomic E-state index is 12.9. The van der Waals surface area contributed by atoms with Gasteiger partial charge in [0.15, 0.2) is 0 Å². The predicted octanol–water partition coefficient (Wildman–Crippen LogP) is 3.12. The van der Waals surface area contributed by atoms with Crippen LogP contribution in [-0.4, -0.2) is 44.3 Å². The first kappa shape index (κ1) is 21.0. The number of pyridine rings is 1. The second-order valence-corrected chi connectivity index (χ2v) is 6.83. The molecule has 1 unspecified atom stereocenters. The van der Waals surface area contributed by atoms with Gasteiger partial charge in [-0.05, 0) is 31.2 Å². The van der Waals surface area contributed by atoms with Crippen LogP contribution < -0.4 is 5.32 Å². The Hall–Kier alpha value is -3.74. The van der Waals surface area contributed by atoms with E-state index in [2.05, 4.69) is 28.4 Å². The summed E-state index contributed by atoms with van der Waals surface area (Å²) in [5.41, 5.74) is 1.92. The minimum absolute atomic E-state index is 0.0811. The van der Waals surface area contributed by atoms with Gasteiger partial charge in [0.1, 0.15) is 18.1 Å². The van der Waals surface area contributed by atoms with Crippen LogP contribution in [0.15, 0.2) is 74.0 Å². The fourth-order valence-electron chi connectivity index (χ4n) is 3.25. The molecular formula is C23H25N5O2. The van der Waals surface area contributed by atoms with Crippen LogP contribution in [0.5, 0.6) is 0 Å². The zero-order valence-corrected chi connectivity index (χ0v) is 17.0. The maximum atomic E-state index is 12.9. The van der Waals surface area contributed by atoms with Gasteiger partial charge in [0.05, 0.1) is 17.1 Å². The Morgan fingerprint density at radius 1 is 1.13 bits per heavy atom. The molecule has 154 valence electrons. The van der Waals surface area contributed by atoms with Gasteiger partial charge < -0.3 is 14.8 Å². The van der Waals surface area contributed by atoms with Crippen molar-refractivity contribution in [3.8, 4) is 0 Å². The summed E-state index contributed by atoms with van der Waals surface area (Å²) in [6.07, 6.45) is 4.94. The summed E-state index contributed by atoms with van der Waals surface area (Å²) in [5.74, 6) is 0.224. The number of imidazole rings is 1. The molecule has 0 bridgehead atoms. The molecule has 2 amide bonds. The van der Waals surface area contributed by atoms with E-state index in [1.807, 2.05) is 35.8 Å². The summed E-state index contributed by atoms with van der Waals surface area (Å²) in [6, 6.07) is 12.3. The van der Waals surface area contributed by atoms with Crippen LogP contribution in [-0.2, 0) is 11.3 Å². The van der Waals surface area contributed by atoms with Crippen molar-refractivity contribution in [3.05, 3.63) is 85.5 Å². The number of para-hydroxylation sites is 2. The number of hydrogen-bond donors (Lipinski definition) is 1. The number of fused-ring (bicyclic) bond motifs is 1. The highest BCUT2D eigenvalue weighted by atomic mass is 16.2. The Labute approximate surface area is 175 Å². The fraction of sp³-hybridized carbons (Fsp3) is 0.217. The van der Waals surface area contributed by atoms with Gasteiger partial charge in [-0.25, -0.2) is 4.98 Å². The molecule has 0 spiro atoms. The minimum Gasteiger partial charge on any atom is -0.341 e. The van der Waals surface area contributed by atoms with Crippen LogP contribution in [0, 0.1) is 0 Å². The number of rotatable bonds is 9. The Kier molecular flexibility index (Phi) is 6.75. The number of aromatic nitrogens is 3. The third-order valence-electron chi connectivity index (χ3n) is 4.66. The second-order valence-electron chi connectivity index (χ2n) is 6.83. The van der Waals surface area contributed by atoms with Gasteiger partial charge in [0.2, 0.25) is 5.91 Å². The van der Waals surface area contributed by atoms with Crippen molar-refractivity contribution < 1.29 is 9.59 Å². The normalized spacial score (nSPS) is 11.6. The van der Waals surface area contributed by atoms with Crippen LogP contribution >= 0.6 is 0 Å². The Bertz CT molecular complexity index is 1050. The van der Waals surface area contributed by atoms with Gasteiger partial charge in [0, 0.05) is 19.3 Å². The molecule has 0 fully saturated rings. The highest BCUT2D eigenvalue weighted by molar-refractivity contribution is 5.92. The standard InChI is InChI=1S/C23H25N5O2/c1-4-14-27(15-5-2)21(29)16-28-20-12-7-6-10-18(20)26-22(28)17(3)25-23(30)19-11-8-9-13-24-19/h4-13,17H,1-2,14-16H2,3H3,(H,25,30). The van der Waals surface area contributed by atoms with E-state index in [4.69, 9.17) is 0 Å². The van der Waals surface area contributed by atoms with E-state index in [9.17, 15) is 9.59 Å². The SMILES string of the molecule is C=CCN(CC=C)C(=O)Cn1c(C(C)NC(=O)c2ccccn2)nc2ccccc21. The number of amides is 2. The fourth-order valence-corrected chi connectivity index (χ4v) is 3.25. The molecule has 0 saturated heterocycles. The van der Waals surface area contributed by atoms with E-state index in [0.717, 1.165) is 11.0 Å². The van der Waals surface area contributed by atoms with Gasteiger partial charge in [-0.2, -0.15) is 0 Å². The lowest BCUT2D eigenvalue weighted by Crippen LogP contribution is -2.35. The van der Waals surface area contributed by atoms with Gasteiger partial charge in [-0.3, -0.25) is 14.6 Å². The Balaban J connectivity index is 1.91. The molecule has 0 radical (unpaired) electrons. The van der Waals surface area contributed by atoms with E-state index >= 15 is 0 Å². The molecule has 0 aliphatic carbocycles. The molecule has 2 aromatic heterocycles. The number of hydrogen-bond acceptors (Lipinski definition) is 4. The van der Waals surface area contributed by atoms with Crippen molar-refractivity contribution in [1.29, 1.82) is 0 Å². The minimum atomic E-state index is -0.424. The molecule has 1 N–H and O–H groups in total. The quantitative estimate of drug-likeness (QED) is 0.557. The first-order chi connectivity index (χ1) is 14.5. The molecule has 30 heavy (non-hydrogen) atoms. The monoisotopic (exact) mass is 403 g/mol. The molecule has 2 heterocycles. The third kappa shape index (κ3) is 4.63. The lowest BCUT2D eigenvalue weighted by molar-refractivity contribution is -0.130.